The van der Waals surface area contributed by atoms with Gasteiger partial charge in [-0.05, 0) is 31.2 Å². The zero-order valence-corrected chi connectivity index (χ0v) is 17.2. The zero-order valence-electron chi connectivity index (χ0n) is 15.6. The summed E-state index contributed by atoms with van der Waals surface area (Å²) in [6.07, 6.45) is 0. The first-order chi connectivity index (χ1) is 13.7. The first-order valence-corrected chi connectivity index (χ1v) is 11.6. The number of piperazine rings is 1. The Morgan fingerprint density at radius 2 is 1.31 bits per heavy atom. The van der Waals surface area contributed by atoms with Gasteiger partial charge in [-0.1, -0.05) is 24.3 Å². The number of rotatable bonds is 4. The molecule has 0 bridgehead atoms. The molecule has 10 heteroatoms. The van der Waals surface area contributed by atoms with Crippen molar-refractivity contribution < 1.29 is 16.8 Å². The lowest BCUT2D eigenvalue weighted by atomic mass is 10.2. The van der Waals surface area contributed by atoms with Gasteiger partial charge in [0.05, 0.1) is 20.9 Å². The van der Waals surface area contributed by atoms with Gasteiger partial charge < -0.3 is 0 Å². The third-order valence-corrected chi connectivity index (χ3v) is 8.74. The summed E-state index contributed by atoms with van der Waals surface area (Å²) in [4.78, 5) is -0.193. The minimum atomic E-state index is -3.96. The maximum atomic E-state index is 13.1. The predicted molar refractivity (Wildman–Crippen MR) is 104 cm³/mol. The Morgan fingerprint density at radius 3 is 1.79 bits per heavy atom. The van der Waals surface area contributed by atoms with Gasteiger partial charge in [-0.2, -0.15) is 19.1 Å². The molecule has 1 aliphatic rings. The molecule has 0 aliphatic carbocycles. The summed E-state index contributed by atoms with van der Waals surface area (Å²) in [5, 5.41) is 18.4. The monoisotopic (exact) mass is 430 g/mol. The van der Waals surface area contributed by atoms with Gasteiger partial charge >= 0.3 is 0 Å². The van der Waals surface area contributed by atoms with E-state index in [9.17, 15) is 27.4 Å². The van der Waals surface area contributed by atoms with Gasteiger partial charge in [0.25, 0.3) is 0 Å². The minimum absolute atomic E-state index is 0.0395. The van der Waals surface area contributed by atoms with Gasteiger partial charge in [0.15, 0.2) is 0 Å². The Bertz CT molecular complexity index is 1230. The maximum absolute atomic E-state index is 13.1. The summed E-state index contributed by atoms with van der Waals surface area (Å²) in [6, 6.07) is 14.9. The van der Waals surface area contributed by atoms with E-state index in [2.05, 4.69) is 0 Å². The van der Waals surface area contributed by atoms with Crippen LogP contribution in [0.3, 0.4) is 0 Å². The van der Waals surface area contributed by atoms with Crippen molar-refractivity contribution in [2.45, 2.75) is 22.8 Å². The maximum Gasteiger partial charge on any atom is 0.244 e. The van der Waals surface area contributed by atoms with Crippen LogP contribution in [0.5, 0.6) is 0 Å². The fourth-order valence-corrected chi connectivity index (χ4v) is 6.73. The van der Waals surface area contributed by atoms with Gasteiger partial charge in [-0.25, -0.2) is 16.8 Å². The molecule has 0 saturated carbocycles. The zero-order chi connectivity index (χ0) is 21.2. The van der Waals surface area contributed by atoms with Crippen molar-refractivity contribution in [3.05, 3.63) is 59.7 Å². The Kier molecular flexibility index (Phi) is 5.73. The summed E-state index contributed by atoms with van der Waals surface area (Å²) in [5.74, 6) is 0. The Labute approximate surface area is 170 Å². The second kappa shape index (κ2) is 7.93. The molecule has 1 aliphatic heterocycles. The van der Waals surface area contributed by atoms with E-state index in [4.69, 9.17) is 0 Å². The number of hydrogen-bond acceptors (Lipinski definition) is 6. The normalized spacial score (nSPS) is 18.7. The van der Waals surface area contributed by atoms with Crippen LogP contribution in [-0.4, -0.2) is 51.1 Å². The van der Waals surface area contributed by atoms with Crippen molar-refractivity contribution in [2.24, 2.45) is 0 Å². The first kappa shape index (κ1) is 21.0. The van der Waals surface area contributed by atoms with Crippen LogP contribution in [0.25, 0.3) is 0 Å². The van der Waals surface area contributed by atoms with Crippen molar-refractivity contribution in [3.63, 3.8) is 0 Å². The number of hydrogen-bond donors (Lipinski definition) is 0. The molecule has 0 N–H and O–H groups in total. The van der Waals surface area contributed by atoms with Crippen LogP contribution in [0.2, 0.25) is 0 Å². The van der Waals surface area contributed by atoms with Crippen LogP contribution in [0.4, 0.5) is 0 Å². The highest BCUT2D eigenvalue weighted by atomic mass is 32.2. The van der Waals surface area contributed by atoms with Crippen LogP contribution in [0.15, 0.2) is 58.3 Å². The van der Waals surface area contributed by atoms with Gasteiger partial charge in [0.1, 0.15) is 12.1 Å². The molecule has 0 amide bonds. The molecule has 150 valence electrons. The highest BCUT2D eigenvalue weighted by Crippen LogP contribution is 2.27. The lowest BCUT2D eigenvalue weighted by Crippen LogP contribution is -2.55. The highest BCUT2D eigenvalue weighted by molar-refractivity contribution is 7.89. The molecule has 8 nitrogen and oxygen atoms in total. The van der Waals surface area contributed by atoms with Crippen molar-refractivity contribution in [2.75, 3.05) is 19.6 Å². The van der Waals surface area contributed by atoms with Crippen LogP contribution in [-0.2, 0) is 20.0 Å². The Morgan fingerprint density at radius 1 is 0.828 bits per heavy atom. The molecule has 1 unspecified atom stereocenters. The number of sulfonamides is 2. The van der Waals surface area contributed by atoms with Crippen LogP contribution in [0.1, 0.15) is 18.1 Å². The van der Waals surface area contributed by atoms with Gasteiger partial charge in [-0.3, -0.25) is 0 Å². The average Bonchev–Trinajstić information content (AvgIpc) is 2.73. The van der Waals surface area contributed by atoms with E-state index in [1.54, 1.807) is 19.1 Å². The van der Waals surface area contributed by atoms with Gasteiger partial charge in [-0.15, -0.1) is 0 Å². The van der Waals surface area contributed by atoms with Gasteiger partial charge in [0.2, 0.25) is 20.0 Å². The fourth-order valence-electron chi connectivity index (χ4n) is 3.32. The molecule has 3 rings (SSSR count). The van der Waals surface area contributed by atoms with Crippen molar-refractivity contribution in [1.82, 2.24) is 8.61 Å². The Balaban J connectivity index is 1.90. The highest BCUT2D eigenvalue weighted by Gasteiger charge is 2.39. The molecule has 0 radical (unpaired) electrons. The summed E-state index contributed by atoms with van der Waals surface area (Å²) in [5.41, 5.74) is 0.0795. The Hall–Kier alpha value is -2.76. The third-order valence-electron chi connectivity index (χ3n) is 4.75. The van der Waals surface area contributed by atoms with Crippen molar-refractivity contribution >= 4 is 20.0 Å². The first-order valence-electron chi connectivity index (χ1n) is 8.73. The summed E-state index contributed by atoms with van der Waals surface area (Å²) >= 11 is 0. The van der Waals surface area contributed by atoms with E-state index in [0.717, 1.165) is 0 Å². The minimum Gasteiger partial charge on any atom is -0.207 e. The van der Waals surface area contributed by atoms with Crippen LogP contribution < -0.4 is 0 Å². The fraction of sp³-hybridized carbons (Fsp3) is 0.263. The molecule has 1 heterocycles. The smallest absolute Gasteiger partial charge is 0.207 e. The molecule has 1 fully saturated rings. The van der Waals surface area contributed by atoms with Crippen molar-refractivity contribution in [1.29, 1.82) is 10.5 Å². The molecular weight excluding hydrogens is 412 g/mol. The average molecular weight is 431 g/mol. The van der Waals surface area contributed by atoms with E-state index in [-0.39, 0.29) is 40.6 Å². The molecule has 0 spiro atoms. The second-order valence-electron chi connectivity index (χ2n) is 6.54. The third kappa shape index (κ3) is 3.76. The van der Waals surface area contributed by atoms with E-state index in [0.29, 0.717) is 0 Å². The van der Waals surface area contributed by atoms with E-state index in [1.807, 2.05) is 12.1 Å². The lowest BCUT2D eigenvalue weighted by molar-refractivity contribution is 0.212. The number of benzene rings is 2. The second-order valence-corrected chi connectivity index (χ2v) is 10.3. The predicted octanol–water partition coefficient (Wildman–Crippen LogP) is 1.51. The van der Waals surface area contributed by atoms with Crippen molar-refractivity contribution in [3.8, 4) is 12.1 Å². The molecule has 0 aromatic heterocycles. The van der Waals surface area contributed by atoms with Gasteiger partial charge in [0, 0.05) is 25.7 Å². The molecule has 2 aromatic carbocycles. The standard InChI is InChI=1S/C19H18N4O4S2/c1-15-14-22(28(24,25)18-8-4-2-6-16(18)12-20)10-11-23(15)29(26,27)19-9-5-3-7-17(19)13-21/h2-9,15H,10-11,14H2,1H3. The molecule has 29 heavy (non-hydrogen) atoms. The molecule has 2 aromatic rings. The molecular formula is C19H18N4O4S2. The van der Waals surface area contributed by atoms with Crippen LogP contribution >= 0.6 is 0 Å². The van der Waals surface area contributed by atoms with E-state index in [1.165, 1.54) is 45.0 Å². The number of nitrogens with zero attached hydrogens (tertiary/aromatic N) is 4. The topological polar surface area (TPSA) is 122 Å². The summed E-state index contributed by atoms with van der Waals surface area (Å²) in [6.45, 7) is 1.44. The van der Waals surface area contributed by atoms with E-state index >= 15 is 0 Å². The van der Waals surface area contributed by atoms with Crippen LogP contribution in [0, 0.1) is 22.7 Å². The summed E-state index contributed by atoms with van der Waals surface area (Å²) in [7, 11) is -7.91. The SMILES string of the molecule is CC1CN(S(=O)(=O)c2ccccc2C#N)CCN1S(=O)(=O)c1ccccc1C#N. The molecule has 1 saturated heterocycles. The quantitative estimate of drug-likeness (QED) is 0.725. The lowest BCUT2D eigenvalue weighted by Gasteiger charge is -2.38. The van der Waals surface area contributed by atoms with E-state index < -0.39 is 26.1 Å². The largest absolute Gasteiger partial charge is 0.244 e. The molecule has 1 atom stereocenters. The number of nitriles is 2. The summed E-state index contributed by atoms with van der Waals surface area (Å²) < 4.78 is 54.5.